The quantitative estimate of drug-likeness (QED) is 0.706. The lowest BCUT2D eigenvalue weighted by molar-refractivity contribution is -0.125. The molecule has 1 amide bonds. The molecule has 0 saturated carbocycles. The molecular weight excluding hydrogens is 346 g/mol. The fraction of sp³-hybridized carbons (Fsp3) is 0.118. The Morgan fingerprint density at radius 3 is 2.72 bits per heavy atom. The average Bonchev–Trinajstić information content (AvgIpc) is 3.24. The number of carbonyl (C=O) groups excluding carboxylic acids is 2. The fourth-order valence-electron chi connectivity index (χ4n) is 2.16. The minimum atomic E-state index is -1.06. The second kappa shape index (κ2) is 6.82. The number of nitrogens with zero attached hydrogens (tertiary/aromatic N) is 2. The number of amides is 1. The van der Waals surface area contributed by atoms with E-state index in [1.807, 2.05) is 0 Å². The molecule has 0 saturated heterocycles. The summed E-state index contributed by atoms with van der Waals surface area (Å²) in [6.45, 7) is 1.39. The number of benzene rings is 1. The molecule has 1 aromatic carbocycles. The van der Waals surface area contributed by atoms with Crippen LogP contribution < -0.4 is 5.73 Å². The van der Waals surface area contributed by atoms with Crippen molar-refractivity contribution in [3.63, 3.8) is 0 Å². The number of esters is 1. The van der Waals surface area contributed by atoms with Crippen molar-refractivity contribution in [3.05, 3.63) is 59.4 Å². The van der Waals surface area contributed by atoms with Gasteiger partial charge in [0.1, 0.15) is 5.69 Å². The number of primary amides is 1. The van der Waals surface area contributed by atoms with Crippen LogP contribution in [0.3, 0.4) is 0 Å². The van der Waals surface area contributed by atoms with Crippen LogP contribution in [0.1, 0.15) is 17.4 Å². The Morgan fingerprint density at radius 2 is 2.08 bits per heavy atom. The van der Waals surface area contributed by atoms with Crippen LogP contribution in [0, 0.1) is 0 Å². The van der Waals surface area contributed by atoms with Crippen LogP contribution in [0.5, 0.6) is 0 Å². The Bertz CT molecular complexity index is 918. The van der Waals surface area contributed by atoms with E-state index >= 15 is 0 Å². The lowest BCUT2D eigenvalue weighted by Gasteiger charge is -2.07. The number of furan rings is 1. The van der Waals surface area contributed by atoms with Gasteiger partial charge in [-0.3, -0.25) is 4.79 Å². The van der Waals surface area contributed by atoms with Crippen molar-refractivity contribution in [2.75, 3.05) is 0 Å². The molecule has 2 heterocycles. The van der Waals surface area contributed by atoms with Gasteiger partial charge in [0.25, 0.3) is 5.91 Å². The molecule has 0 aliphatic carbocycles. The van der Waals surface area contributed by atoms with Crippen molar-refractivity contribution in [2.45, 2.75) is 13.0 Å². The lowest BCUT2D eigenvalue weighted by Crippen LogP contribution is -2.30. The Balaban J connectivity index is 2.04. The highest BCUT2D eigenvalue weighted by Crippen LogP contribution is 2.26. The van der Waals surface area contributed by atoms with Gasteiger partial charge >= 0.3 is 5.97 Å². The monoisotopic (exact) mass is 359 g/mol. The maximum atomic E-state index is 12.2. The normalized spacial score (nSPS) is 11.9. The average molecular weight is 360 g/mol. The van der Waals surface area contributed by atoms with Gasteiger partial charge in [-0.15, -0.1) is 0 Å². The van der Waals surface area contributed by atoms with E-state index in [2.05, 4.69) is 5.10 Å². The summed E-state index contributed by atoms with van der Waals surface area (Å²) in [4.78, 5) is 23.3. The summed E-state index contributed by atoms with van der Waals surface area (Å²) in [5.74, 6) is -0.997. The van der Waals surface area contributed by atoms with Crippen molar-refractivity contribution >= 4 is 23.5 Å². The molecule has 0 unspecified atom stereocenters. The van der Waals surface area contributed by atoms with Crippen LogP contribution in [0.15, 0.2) is 53.1 Å². The van der Waals surface area contributed by atoms with Crippen LogP contribution >= 0.6 is 11.6 Å². The summed E-state index contributed by atoms with van der Waals surface area (Å²) < 4.78 is 11.9. The van der Waals surface area contributed by atoms with Crippen LogP contribution in [-0.2, 0) is 9.53 Å². The number of nitrogens with two attached hydrogens (primary N) is 1. The van der Waals surface area contributed by atoms with E-state index in [9.17, 15) is 9.59 Å². The van der Waals surface area contributed by atoms with Gasteiger partial charge in [-0.25, -0.2) is 9.48 Å². The van der Waals surface area contributed by atoms with Gasteiger partial charge in [-0.2, -0.15) is 5.10 Å². The molecule has 0 fully saturated rings. The molecule has 2 N–H and O–H groups in total. The highest BCUT2D eigenvalue weighted by molar-refractivity contribution is 6.30. The summed E-state index contributed by atoms with van der Waals surface area (Å²) in [6, 6.07) is 11.9. The number of carbonyl (C=O) groups is 2. The SMILES string of the molecule is C[C@@H](OC(=O)c1cc(-c2ccco2)n(-c2cccc(Cl)c2)n1)C(N)=O. The smallest absolute Gasteiger partial charge is 0.359 e. The van der Waals surface area contributed by atoms with E-state index in [4.69, 9.17) is 26.5 Å². The minimum Gasteiger partial charge on any atom is -0.463 e. The first-order valence-electron chi connectivity index (χ1n) is 7.36. The predicted octanol–water partition coefficient (Wildman–Crippen LogP) is 2.82. The van der Waals surface area contributed by atoms with Crippen molar-refractivity contribution < 1.29 is 18.7 Å². The third-order valence-electron chi connectivity index (χ3n) is 3.43. The lowest BCUT2D eigenvalue weighted by atomic mass is 10.2. The second-order valence-corrected chi connectivity index (χ2v) is 5.67. The summed E-state index contributed by atoms with van der Waals surface area (Å²) in [5.41, 5.74) is 6.30. The molecule has 0 radical (unpaired) electrons. The molecule has 2 aromatic heterocycles. The standard InChI is InChI=1S/C17H14ClN3O4/c1-10(16(19)22)25-17(23)13-9-14(15-6-3-7-24-15)21(20-13)12-5-2-4-11(18)8-12/h2-10H,1H3,(H2,19,22)/t10-/m1/s1. The van der Waals surface area contributed by atoms with E-state index in [1.54, 1.807) is 36.4 Å². The second-order valence-electron chi connectivity index (χ2n) is 5.23. The molecule has 3 rings (SSSR count). The number of ether oxygens (including phenoxy) is 1. The maximum Gasteiger partial charge on any atom is 0.359 e. The molecule has 0 spiro atoms. The highest BCUT2D eigenvalue weighted by Gasteiger charge is 2.22. The Morgan fingerprint density at radius 1 is 1.28 bits per heavy atom. The topological polar surface area (TPSA) is 100 Å². The molecule has 128 valence electrons. The zero-order chi connectivity index (χ0) is 18.0. The first kappa shape index (κ1) is 16.8. The minimum absolute atomic E-state index is 0.0134. The third kappa shape index (κ3) is 3.56. The fourth-order valence-corrected chi connectivity index (χ4v) is 2.35. The van der Waals surface area contributed by atoms with Gasteiger partial charge in [-0.05, 0) is 37.3 Å². The van der Waals surface area contributed by atoms with Crippen molar-refractivity contribution in [3.8, 4) is 17.1 Å². The zero-order valence-corrected chi connectivity index (χ0v) is 13.9. The number of hydrogen-bond donors (Lipinski definition) is 1. The molecule has 0 aliphatic heterocycles. The number of hydrogen-bond acceptors (Lipinski definition) is 5. The molecule has 1 atom stereocenters. The molecule has 3 aromatic rings. The van der Waals surface area contributed by atoms with Crippen molar-refractivity contribution in [2.24, 2.45) is 5.73 Å². The summed E-state index contributed by atoms with van der Waals surface area (Å²) in [7, 11) is 0. The van der Waals surface area contributed by atoms with Gasteiger partial charge in [0.15, 0.2) is 17.6 Å². The summed E-state index contributed by atoms with van der Waals surface area (Å²) in [5, 5.41) is 4.78. The summed E-state index contributed by atoms with van der Waals surface area (Å²) in [6.07, 6.45) is 0.452. The molecule has 25 heavy (non-hydrogen) atoms. The Hall–Kier alpha value is -3.06. The number of rotatable bonds is 5. The third-order valence-corrected chi connectivity index (χ3v) is 3.66. The van der Waals surface area contributed by atoms with E-state index < -0.39 is 18.0 Å². The first-order valence-corrected chi connectivity index (χ1v) is 7.73. The van der Waals surface area contributed by atoms with Gasteiger partial charge in [0.05, 0.1) is 12.0 Å². The van der Waals surface area contributed by atoms with Crippen molar-refractivity contribution in [1.82, 2.24) is 9.78 Å². The van der Waals surface area contributed by atoms with Gasteiger partial charge in [0.2, 0.25) is 0 Å². The van der Waals surface area contributed by atoms with Crippen molar-refractivity contribution in [1.29, 1.82) is 0 Å². The van der Waals surface area contributed by atoms with Gasteiger partial charge < -0.3 is 14.9 Å². The van der Waals surface area contributed by atoms with Crippen LogP contribution in [0.4, 0.5) is 0 Å². The Labute approximate surface area is 147 Å². The van der Waals surface area contributed by atoms with Gasteiger partial charge in [0, 0.05) is 11.1 Å². The number of halogens is 1. The number of aromatic nitrogens is 2. The van der Waals surface area contributed by atoms with Crippen LogP contribution in [0.2, 0.25) is 5.02 Å². The Kier molecular flexibility index (Phi) is 4.58. The van der Waals surface area contributed by atoms with E-state index in [1.165, 1.54) is 23.9 Å². The molecule has 0 bridgehead atoms. The maximum absolute atomic E-state index is 12.2. The van der Waals surface area contributed by atoms with Gasteiger partial charge in [-0.1, -0.05) is 17.7 Å². The zero-order valence-electron chi connectivity index (χ0n) is 13.2. The van der Waals surface area contributed by atoms with Crippen LogP contribution in [-0.4, -0.2) is 27.8 Å². The molecule has 8 heteroatoms. The molecule has 7 nitrogen and oxygen atoms in total. The van der Waals surface area contributed by atoms with E-state index in [-0.39, 0.29) is 5.69 Å². The predicted molar refractivity (Wildman–Crippen MR) is 90.3 cm³/mol. The molecular formula is C17H14ClN3O4. The molecule has 0 aliphatic rings. The largest absolute Gasteiger partial charge is 0.463 e. The first-order chi connectivity index (χ1) is 12.0. The van der Waals surface area contributed by atoms with Crippen LogP contribution in [0.25, 0.3) is 17.1 Å². The highest BCUT2D eigenvalue weighted by atomic mass is 35.5. The van der Waals surface area contributed by atoms with E-state index in [0.29, 0.717) is 22.2 Å². The summed E-state index contributed by atoms with van der Waals surface area (Å²) >= 11 is 6.04. The van der Waals surface area contributed by atoms with E-state index in [0.717, 1.165) is 0 Å².